The lowest BCUT2D eigenvalue weighted by molar-refractivity contribution is 0.548. The summed E-state index contributed by atoms with van der Waals surface area (Å²) in [5.41, 5.74) is 23.0. The molecule has 2 heterocycles. The summed E-state index contributed by atoms with van der Waals surface area (Å²) in [4.78, 5) is 10.2. The van der Waals surface area contributed by atoms with Gasteiger partial charge in [-0.25, -0.2) is 0 Å². The van der Waals surface area contributed by atoms with Gasteiger partial charge in [-0.15, -0.1) is 10.2 Å². The quantitative estimate of drug-likeness (QED) is 0.270. The van der Waals surface area contributed by atoms with Crippen molar-refractivity contribution in [2.75, 3.05) is 0 Å². The smallest absolute Gasteiger partial charge is 0.292 e. The molecule has 8 N–H and O–H groups in total. The van der Waals surface area contributed by atoms with E-state index in [1.165, 1.54) is 9.59 Å². The highest BCUT2D eigenvalue weighted by Gasteiger charge is 2.09. The average molecular weight is 356 g/mol. The van der Waals surface area contributed by atoms with Crippen LogP contribution in [0.5, 0.6) is 0 Å². The van der Waals surface area contributed by atoms with Crippen molar-refractivity contribution < 1.29 is 0 Å². The van der Waals surface area contributed by atoms with E-state index in [0.717, 1.165) is 11.1 Å². The second kappa shape index (κ2) is 7.20. The lowest BCUT2D eigenvalue weighted by atomic mass is 10.1. The maximum absolute atomic E-state index is 5.29. The Hall–Kier alpha value is -4.10. The van der Waals surface area contributed by atoms with Crippen LogP contribution in [-0.4, -0.2) is 52.3 Å². The third-order valence-electron chi connectivity index (χ3n) is 3.08. The molecule has 0 amide bonds. The topological polar surface area (TPSA) is 216 Å². The zero-order valence-corrected chi connectivity index (χ0v) is 13.5. The van der Waals surface area contributed by atoms with Crippen molar-refractivity contribution in [3.8, 4) is 0 Å². The van der Waals surface area contributed by atoms with Crippen LogP contribution < -0.4 is 22.9 Å². The summed E-state index contributed by atoms with van der Waals surface area (Å²) in [5, 5.41) is 23.5. The van der Waals surface area contributed by atoms with Gasteiger partial charge in [-0.1, -0.05) is 34.5 Å². The van der Waals surface area contributed by atoms with Gasteiger partial charge < -0.3 is 22.9 Å². The SMILES string of the molecule is NC(N)=Nc1nnn(Cc2ccccc2Cn2nnc(N=C(N)N)n2)n1. The van der Waals surface area contributed by atoms with Crippen LogP contribution in [0, 0.1) is 0 Å². The highest BCUT2D eigenvalue weighted by Crippen LogP contribution is 2.12. The van der Waals surface area contributed by atoms with Crippen LogP contribution in [0.15, 0.2) is 34.3 Å². The number of nitrogens with zero attached hydrogens (tertiary/aromatic N) is 10. The van der Waals surface area contributed by atoms with E-state index in [9.17, 15) is 0 Å². The fourth-order valence-electron chi connectivity index (χ4n) is 2.09. The van der Waals surface area contributed by atoms with E-state index >= 15 is 0 Å². The number of aliphatic imine (C=N–C) groups is 2. The molecule has 2 aromatic heterocycles. The van der Waals surface area contributed by atoms with Crippen molar-refractivity contribution in [2.45, 2.75) is 13.1 Å². The lowest BCUT2D eigenvalue weighted by Crippen LogP contribution is -2.22. The zero-order valence-electron chi connectivity index (χ0n) is 13.5. The summed E-state index contributed by atoms with van der Waals surface area (Å²) in [6.45, 7) is 0.719. The molecule has 0 unspecified atom stereocenters. The van der Waals surface area contributed by atoms with Gasteiger partial charge in [0.05, 0.1) is 13.1 Å². The number of guanidine groups is 2. The first kappa shape index (κ1) is 16.7. The summed E-state index contributed by atoms with van der Waals surface area (Å²) in [5.74, 6) is -0.109. The standard InChI is InChI=1S/C12H16N14/c13-9(14)17-11-19-23-25(21-11)5-7-3-1-2-4-8(7)6-26-22-12(20-24-26)18-10(15)16/h1-4H,5-6H2,(H4,13,14,17,21)(H4,15,16,18,22). The molecule has 0 aliphatic rings. The summed E-state index contributed by atoms with van der Waals surface area (Å²) < 4.78 is 0. The van der Waals surface area contributed by atoms with Gasteiger partial charge in [0.25, 0.3) is 11.9 Å². The zero-order chi connectivity index (χ0) is 18.5. The highest BCUT2D eigenvalue weighted by atomic mass is 15.6. The molecule has 0 aliphatic carbocycles. The Kier molecular flexibility index (Phi) is 4.64. The molecule has 14 heteroatoms. The number of hydrogen-bond acceptors (Lipinski definition) is 8. The summed E-state index contributed by atoms with van der Waals surface area (Å²) >= 11 is 0. The summed E-state index contributed by atoms with van der Waals surface area (Å²) in [6, 6.07) is 7.64. The van der Waals surface area contributed by atoms with Gasteiger partial charge in [-0.2, -0.15) is 19.6 Å². The fourth-order valence-corrected chi connectivity index (χ4v) is 2.09. The second-order valence-corrected chi connectivity index (χ2v) is 5.08. The Morgan fingerprint density at radius 1 is 0.769 bits per heavy atom. The van der Waals surface area contributed by atoms with Crippen LogP contribution in [0.1, 0.15) is 11.1 Å². The Bertz CT molecular complexity index is 865. The third-order valence-corrected chi connectivity index (χ3v) is 3.08. The molecule has 0 atom stereocenters. The Balaban J connectivity index is 1.78. The predicted octanol–water partition coefficient (Wildman–Crippen LogP) is -2.43. The number of rotatable bonds is 6. The molecule has 0 fully saturated rings. The number of nitrogens with two attached hydrogens (primary N) is 4. The van der Waals surface area contributed by atoms with Crippen LogP contribution >= 0.6 is 0 Å². The molecule has 134 valence electrons. The van der Waals surface area contributed by atoms with Gasteiger partial charge in [-0.3, -0.25) is 0 Å². The van der Waals surface area contributed by atoms with Crippen molar-refractivity contribution in [1.82, 2.24) is 40.4 Å². The molecule has 3 rings (SSSR count). The van der Waals surface area contributed by atoms with Gasteiger partial charge in [0.15, 0.2) is 11.9 Å². The fraction of sp³-hybridized carbons (Fsp3) is 0.167. The predicted molar refractivity (Wildman–Crippen MR) is 91.2 cm³/mol. The van der Waals surface area contributed by atoms with E-state index < -0.39 is 0 Å². The minimum absolute atomic E-state index is 0.0855. The van der Waals surface area contributed by atoms with Gasteiger partial charge in [-0.05, 0) is 21.6 Å². The van der Waals surface area contributed by atoms with Crippen LogP contribution in [0.25, 0.3) is 0 Å². The molecule has 0 saturated heterocycles. The second-order valence-electron chi connectivity index (χ2n) is 5.08. The number of hydrogen-bond donors (Lipinski definition) is 4. The molecule has 0 radical (unpaired) electrons. The third kappa shape index (κ3) is 4.25. The normalized spacial score (nSPS) is 10.5. The van der Waals surface area contributed by atoms with E-state index in [-0.39, 0.29) is 23.8 Å². The average Bonchev–Trinajstić information content (AvgIpc) is 3.18. The van der Waals surface area contributed by atoms with Crippen LogP contribution in [0.4, 0.5) is 11.9 Å². The van der Waals surface area contributed by atoms with Crippen LogP contribution in [0.2, 0.25) is 0 Å². The Morgan fingerprint density at radius 2 is 1.19 bits per heavy atom. The first-order valence-electron chi connectivity index (χ1n) is 7.31. The maximum atomic E-state index is 5.29. The van der Waals surface area contributed by atoms with E-state index in [2.05, 4.69) is 40.8 Å². The molecule has 0 bridgehead atoms. The van der Waals surface area contributed by atoms with Crippen molar-refractivity contribution in [2.24, 2.45) is 32.9 Å². The molecule has 1 aromatic carbocycles. The summed E-state index contributed by atoms with van der Waals surface area (Å²) in [7, 11) is 0. The lowest BCUT2D eigenvalue weighted by Gasteiger charge is -2.07. The van der Waals surface area contributed by atoms with Crippen LogP contribution in [-0.2, 0) is 13.1 Å². The Labute approximate surface area is 146 Å². The molecular formula is C12H16N14. The van der Waals surface area contributed by atoms with Crippen molar-refractivity contribution in [3.05, 3.63) is 35.4 Å². The van der Waals surface area contributed by atoms with Crippen molar-refractivity contribution in [1.29, 1.82) is 0 Å². The van der Waals surface area contributed by atoms with E-state index in [4.69, 9.17) is 22.9 Å². The van der Waals surface area contributed by atoms with E-state index in [0.29, 0.717) is 13.1 Å². The number of tetrazole rings is 2. The van der Waals surface area contributed by atoms with E-state index in [1.807, 2.05) is 24.3 Å². The molecule has 14 nitrogen and oxygen atoms in total. The van der Waals surface area contributed by atoms with Crippen molar-refractivity contribution in [3.63, 3.8) is 0 Å². The number of aromatic nitrogens is 8. The first-order chi connectivity index (χ1) is 12.5. The van der Waals surface area contributed by atoms with Gasteiger partial charge >= 0.3 is 0 Å². The molecule has 0 saturated carbocycles. The van der Waals surface area contributed by atoms with Gasteiger partial charge in [0.2, 0.25) is 0 Å². The van der Waals surface area contributed by atoms with Gasteiger partial charge in [0, 0.05) is 0 Å². The summed E-state index contributed by atoms with van der Waals surface area (Å²) in [6.07, 6.45) is 0. The first-order valence-corrected chi connectivity index (χ1v) is 7.31. The highest BCUT2D eigenvalue weighted by molar-refractivity contribution is 5.78. The van der Waals surface area contributed by atoms with Crippen molar-refractivity contribution >= 4 is 23.8 Å². The number of benzene rings is 1. The molecular weight excluding hydrogens is 340 g/mol. The molecule has 0 spiro atoms. The van der Waals surface area contributed by atoms with E-state index in [1.54, 1.807) is 0 Å². The maximum Gasteiger partial charge on any atom is 0.292 e. The minimum atomic E-state index is -0.140. The van der Waals surface area contributed by atoms with Gasteiger partial charge in [0.1, 0.15) is 0 Å². The molecule has 3 aromatic rings. The van der Waals surface area contributed by atoms with Crippen LogP contribution in [0.3, 0.4) is 0 Å². The largest absolute Gasteiger partial charge is 0.370 e. The molecule has 26 heavy (non-hydrogen) atoms. The monoisotopic (exact) mass is 356 g/mol. The minimum Gasteiger partial charge on any atom is -0.370 e. The Morgan fingerprint density at radius 3 is 1.58 bits per heavy atom. The molecule has 0 aliphatic heterocycles.